The first-order chi connectivity index (χ1) is 14.3. The van der Waals surface area contributed by atoms with Crippen LogP contribution in [-0.4, -0.2) is 24.9 Å². The third-order valence-electron chi connectivity index (χ3n) is 4.33. The molecule has 0 heterocycles. The van der Waals surface area contributed by atoms with Crippen LogP contribution < -0.4 is 4.74 Å². The van der Waals surface area contributed by atoms with Gasteiger partial charge in [-0.1, -0.05) is 51.2 Å². The number of rotatable bonds is 15. The average molecular weight is 432 g/mol. The summed E-state index contributed by atoms with van der Waals surface area (Å²) in [7, 11) is 0. The van der Waals surface area contributed by atoms with Crippen molar-refractivity contribution in [2.45, 2.75) is 84.1 Å². The van der Waals surface area contributed by atoms with Crippen molar-refractivity contribution >= 4 is 11.9 Å². The summed E-state index contributed by atoms with van der Waals surface area (Å²) in [5.74, 6) is -0.778. The molecule has 5 nitrogen and oxygen atoms in total. The molecule has 170 valence electrons. The number of hydrogen-bond donors (Lipinski definition) is 0. The maximum absolute atomic E-state index is 12.1. The van der Waals surface area contributed by atoms with Gasteiger partial charge in [-0.2, -0.15) is 0 Å². The normalized spacial score (nSPS) is 11.2. The Hall–Kier alpha value is -2.25. The summed E-state index contributed by atoms with van der Waals surface area (Å²) in [6, 6.07) is 5.21. The SMILES string of the molecule is CCCCOC(=O)CCCCCCCCC(=O)OCc1ccc(OC(F)(F)F)cc1. The minimum absolute atomic E-state index is 0.0134. The van der Waals surface area contributed by atoms with Crippen molar-refractivity contribution in [1.29, 1.82) is 0 Å². The van der Waals surface area contributed by atoms with Gasteiger partial charge in [0, 0.05) is 12.8 Å². The first-order valence-corrected chi connectivity index (χ1v) is 10.5. The van der Waals surface area contributed by atoms with Gasteiger partial charge in [-0.15, -0.1) is 13.2 Å². The molecule has 0 saturated heterocycles. The van der Waals surface area contributed by atoms with Crippen LogP contribution in [0.3, 0.4) is 0 Å². The highest BCUT2D eigenvalue weighted by Crippen LogP contribution is 2.23. The zero-order chi connectivity index (χ0) is 22.2. The van der Waals surface area contributed by atoms with Gasteiger partial charge in [0.2, 0.25) is 0 Å². The van der Waals surface area contributed by atoms with E-state index < -0.39 is 6.36 Å². The van der Waals surface area contributed by atoms with Crippen LogP contribution in [0, 0.1) is 0 Å². The molecule has 0 radical (unpaired) electrons. The summed E-state index contributed by atoms with van der Waals surface area (Å²) in [4.78, 5) is 23.2. The van der Waals surface area contributed by atoms with Gasteiger partial charge in [-0.05, 0) is 37.0 Å². The molecule has 0 atom stereocenters. The summed E-state index contributed by atoms with van der Waals surface area (Å²) >= 11 is 0. The van der Waals surface area contributed by atoms with E-state index in [9.17, 15) is 22.8 Å². The third-order valence-corrected chi connectivity index (χ3v) is 4.33. The van der Waals surface area contributed by atoms with E-state index in [2.05, 4.69) is 4.74 Å². The van der Waals surface area contributed by atoms with Crippen LogP contribution in [0.5, 0.6) is 5.75 Å². The molecule has 1 rings (SSSR count). The molecule has 0 amide bonds. The average Bonchev–Trinajstić information content (AvgIpc) is 2.68. The molecule has 0 aliphatic carbocycles. The number of esters is 2. The first-order valence-electron chi connectivity index (χ1n) is 10.5. The second-order valence-corrected chi connectivity index (χ2v) is 7.05. The molecule has 0 N–H and O–H groups in total. The van der Waals surface area contributed by atoms with E-state index in [-0.39, 0.29) is 24.3 Å². The highest BCUT2D eigenvalue weighted by atomic mass is 19.4. The monoisotopic (exact) mass is 432 g/mol. The molecule has 0 aromatic heterocycles. The molecule has 0 aliphatic rings. The fourth-order valence-corrected chi connectivity index (χ4v) is 2.67. The maximum Gasteiger partial charge on any atom is 0.573 e. The van der Waals surface area contributed by atoms with Gasteiger partial charge in [0.25, 0.3) is 0 Å². The van der Waals surface area contributed by atoms with Crippen molar-refractivity contribution in [1.82, 2.24) is 0 Å². The Kier molecular flexibility index (Phi) is 12.6. The van der Waals surface area contributed by atoms with Crippen LogP contribution in [-0.2, 0) is 25.7 Å². The summed E-state index contributed by atoms with van der Waals surface area (Å²) in [5, 5.41) is 0. The minimum atomic E-state index is -4.73. The molecule has 1 aromatic carbocycles. The number of alkyl halides is 3. The quantitative estimate of drug-likeness (QED) is 0.248. The molecule has 0 bridgehead atoms. The molecule has 0 spiro atoms. The summed E-state index contributed by atoms with van der Waals surface area (Å²) in [5.41, 5.74) is 0.589. The maximum atomic E-state index is 12.1. The van der Waals surface area contributed by atoms with Crippen LogP contribution >= 0.6 is 0 Å². The lowest BCUT2D eigenvalue weighted by molar-refractivity contribution is -0.274. The Balaban J connectivity index is 2.01. The molecule has 30 heavy (non-hydrogen) atoms. The Labute approximate surface area is 175 Å². The highest BCUT2D eigenvalue weighted by molar-refractivity contribution is 5.69. The van der Waals surface area contributed by atoms with Gasteiger partial charge in [0.1, 0.15) is 12.4 Å². The predicted molar refractivity (Wildman–Crippen MR) is 106 cm³/mol. The molecule has 0 unspecified atom stereocenters. The first kappa shape index (κ1) is 25.8. The number of carbonyl (C=O) groups is 2. The van der Waals surface area contributed by atoms with Gasteiger partial charge in [0.15, 0.2) is 0 Å². The molecule has 0 aliphatic heterocycles. The van der Waals surface area contributed by atoms with Gasteiger partial charge in [-0.3, -0.25) is 9.59 Å². The molecular formula is C22H31F3O5. The largest absolute Gasteiger partial charge is 0.573 e. The van der Waals surface area contributed by atoms with Crippen molar-refractivity contribution in [2.75, 3.05) is 6.61 Å². The molecule has 0 fully saturated rings. The Morgan fingerprint density at radius 3 is 1.87 bits per heavy atom. The number of unbranched alkanes of at least 4 members (excludes halogenated alkanes) is 6. The van der Waals surface area contributed by atoms with E-state index in [1.54, 1.807) is 0 Å². The number of hydrogen-bond acceptors (Lipinski definition) is 5. The van der Waals surface area contributed by atoms with E-state index in [4.69, 9.17) is 9.47 Å². The second-order valence-electron chi connectivity index (χ2n) is 7.05. The second kappa shape index (κ2) is 14.7. The zero-order valence-corrected chi connectivity index (χ0v) is 17.5. The van der Waals surface area contributed by atoms with Crippen LogP contribution in [0.1, 0.15) is 76.7 Å². The topological polar surface area (TPSA) is 61.8 Å². The molecule has 0 saturated carbocycles. The van der Waals surface area contributed by atoms with Crippen molar-refractivity contribution in [3.05, 3.63) is 29.8 Å². The van der Waals surface area contributed by atoms with E-state index in [0.717, 1.165) is 51.4 Å². The van der Waals surface area contributed by atoms with Gasteiger partial charge >= 0.3 is 18.3 Å². The smallest absolute Gasteiger partial charge is 0.466 e. The number of ether oxygens (including phenoxy) is 3. The summed E-state index contributed by atoms with van der Waals surface area (Å²) in [6.45, 7) is 2.56. The minimum Gasteiger partial charge on any atom is -0.466 e. The van der Waals surface area contributed by atoms with E-state index in [0.29, 0.717) is 25.0 Å². The number of carbonyl (C=O) groups excluding carboxylic acids is 2. The Morgan fingerprint density at radius 1 is 0.800 bits per heavy atom. The zero-order valence-electron chi connectivity index (χ0n) is 17.5. The van der Waals surface area contributed by atoms with E-state index >= 15 is 0 Å². The molecule has 1 aromatic rings. The molecule has 8 heteroatoms. The number of benzene rings is 1. The van der Waals surface area contributed by atoms with Crippen LogP contribution in [0.4, 0.5) is 13.2 Å². The van der Waals surface area contributed by atoms with Gasteiger partial charge in [-0.25, -0.2) is 0 Å². The Bertz CT molecular complexity index is 614. The van der Waals surface area contributed by atoms with Crippen molar-refractivity contribution in [3.8, 4) is 5.75 Å². The fourth-order valence-electron chi connectivity index (χ4n) is 2.67. The van der Waals surface area contributed by atoms with E-state index in [1.807, 2.05) is 6.92 Å². The lowest BCUT2D eigenvalue weighted by Gasteiger charge is -2.09. The van der Waals surface area contributed by atoms with Crippen LogP contribution in [0.25, 0.3) is 0 Å². The summed E-state index contributed by atoms with van der Waals surface area (Å²) < 4.78 is 50.3. The Morgan fingerprint density at radius 2 is 1.33 bits per heavy atom. The standard InChI is InChI=1S/C22H31F3O5/c1-2-3-16-28-20(26)10-8-6-4-5-7-9-11-21(27)29-17-18-12-14-19(15-13-18)30-22(23,24)25/h12-15H,2-11,16-17H2,1H3. The molecular weight excluding hydrogens is 401 g/mol. The van der Waals surface area contributed by atoms with Crippen molar-refractivity contribution in [2.24, 2.45) is 0 Å². The van der Waals surface area contributed by atoms with Gasteiger partial charge < -0.3 is 14.2 Å². The van der Waals surface area contributed by atoms with Crippen molar-refractivity contribution < 1.29 is 37.0 Å². The van der Waals surface area contributed by atoms with Gasteiger partial charge in [0.05, 0.1) is 6.61 Å². The lowest BCUT2D eigenvalue weighted by atomic mass is 10.1. The van der Waals surface area contributed by atoms with Crippen molar-refractivity contribution in [3.63, 3.8) is 0 Å². The summed E-state index contributed by atoms with van der Waals surface area (Å²) in [6.07, 6.45) is 3.33. The van der Waals surface area contributed by atoms with Crippen LogP contribution in [0.15, 0.2) is 24.3 Å². The van der Waals surface area contributed by atoms with E-state index in [1.165, 1.54) is 24.3 Å². The number of halogens is 3. The predicted octanol–water partition coefficient (Wildman–Crippen LogP) is 6.09. The third kappa shape index (κ3) is 13.8. The highest BCUT2D eigenvalue weighted by Gasteiger charge is 2.30. The van der Waals surface area contributed by atoms with Crippen LogP contribution in [0.2, 0.25) is 0 Å². The fraction of sp³-hybridized carbons (Fsp3) is 0.636. The lowest BCUT2D eigenvalue weighted by Crippen LogP contribution is -2.17.